The Labute approximate surface area is 562 Å². The molecule has 2 aromatic carbocycles. The van der Waals surface area contributed by atoms with Crippen LogP contribution in [0.3, 0.4) is 0 Å². The summed E-state index contributed by atoms with van der Waals surface area (Å²) >= 11 is 1.31. The van der Waals surface area contributed by atoms with E-state index in [4.69, 9.17) is 4.74 Å². The van der Waals surface area contributed by atoms with Crippen molar-refractivity contribution in [3.63, 3.8) is 0 Å². The summed E-state index contributed by atoms with van der Waals surface area (Å²) in [6.45, 7) is 6.52. The second kappa shape index (κ2) is 37.5. The first-order valence-electron chi connectivity index (χ1n) is 32.9. The van der Waals surface area contributed by atoms with Crippen LogP contribution in [0.1, 0.15) is 86.2 Å². The number of nitrogens with zero attached hydrogens (tertiary/aromatic N) is 10. The van der Waals surface area contributed by atoms with Gasteiger partial charge in [0, 0.05) is 141 Å². The Balaban J connectivity index is 0.879. The van der Waals surface area contributed by atoms with E-state index in [2.05, 4.69) is 50.1 Å². The number of amides is 7. The normalized spacial score (nSPS) is 19.4. The van der Waals surface area contributed by atoms with Crippen molar-refractivity contribution in [1.29, 1.82) is 5.26 Å². The number of likely N-dealkylation sites (tertiary alicyclic amines) is 2. The van der Waals surface area contributed by atoms with E-state index in [0.717, 1.165) is 29.1 Å². The van der Waals surface area contributed by atoms with Crippen molar-refractivity contribution in [2.24, 2.45) is 5.92 Å². The highest BCUT2D eigenvalue weighted by Crippen LogP contribution is 2.33. The van der Waals surface area contributed by atoms with Gasteiger partial charge in [0.2, 0.25) is 35.4 Å². The van der Waals surface area contributed by atoms with E-state index in [9.17, 15) is 77.3 Å². The zero-order chi connectivity index (χ0) is 69.3. The lowest BCUT2D eigenvalue weighted by Crippen LogP contribution is -2.51. The number of ether oxygens (including phenoxy) is 1. The lowest BCUT2D eigenvalue weighted by atomic mass is 10.1. The van der Waals surface area contributed by atoms with E-state index in [-0.39, 0.29) is 127 Å². The number of alkyl halides is 2. The number of rotatable bonds is 33. The monoisotopic (exact) mass is 1360 g/mol. The number of carbonyl (C=O) groups excluding carboxylic acids is 7. The summed E-state index contributed by atoms with van der Waals surface area (Å²) < 4.78 is 34.0. The second-order valence-corrected chi connectivity index (χ2v) is 26.6. The third-order valence-corrected chi connectivity index (χ3v) is 19.0. The van der Waals surface area contributed by atoms with Gasteiger partial charge in [0.25, 0.3) is 11.8 Å². The molecule has 4 aliphatic heterocycles. The number of imide groups is 1. The Hall–Kier alpha value is -7.95. The van der Waals surface area contributed by atoms with Gasteiger partial charge in [-0.15, -0.1) is 11.8 Å². The molecule has 3 aromatic rings. The molecule has 4 aliphatic rings. The van der Waals surface area contributed by atoms with E-state index in [0.29, 0.717) is 94.6 Å². The molecule has 1 unspecified atom stereocenters. The quantitative estimate of drug-likeness (QED) is 0.0376. The molecular formula is C66H91F2N13O14S. The van der Waals surface area contributed by atoms with Gasteiger partial charge in [-0.3, -0.25) is 82.3 Å². The lowest BCUT2D eigenvalue weighted by Gasteiger charge is -2.36. The number of thioether (sulfide) groups is 1. The molecule has 30 heteroatoms. The minimum absolute atomic E-state index is 0.0267. The highest BCUT2D eigenvalue weighted by Gasteiger charge is 2.47. The molecule has 0 radical (unpaired) electrons. The van der Waals surface area contributed by atoms with Crippen LogP contribution in [0.4, 0.5) is 8.78 Å². The van der Waals surface area contributed by atoms with Gasteiger partial charge in [-0.05, 0) is 68.9 Å². The van der Waals surface area contributed by atoms with Crippen molar-refractivity contribution >= 4 is 81.9 Å². The molecule has 7 amide bonds. The molecule has 4 fully saturated rings. The first-order valence-corrected chi connectivity index (χ1v) is 33.9. The number of hydrogen-bond acceptors (Lipinski definition) is 19. The molecule has 5 heterocycles. The number of carboxylic acid groups (broad SMARTS) is 3. The maximum Gasteiger partial charge on any atom is 0.317 e. The highest BCUT2D eigenvalue weighted by molar-refractivity contribution is 8.01. The first-order chi connectivity index (χ1) is 45.9. The van der Waals surface area contributed by atoms with E-state index >= 15 is 0 Å². The summed E-state index contributed by atoms with van der Waals surface area (Å²) in [4.78, 5) is 147. The second-order valence-electron chi connectivity index (χ2n) is 25.1. The van der Waals surface area contributed by atoms with Gasteiger partial charge < -0.3 is 45.8 Å². The number of hydrogen-bond donors (Lipinski definition) is 6. The number of carboxylic acids is 3. The van der Waals surface area contributed by atoms with Crippen molar-refractivity contribution in [1.82, 2.24) is 60.1 Å². The van der Waals surface area contributed by atoms with E-state index in [1.165, 1.54) is 35.2 Å². The maximum absolute atomic E-state index is 14.2. The minimum atomic E-state index is -3.19. The zero-order valence-electron chi connectivity index (χ0n) is 54.8. The molecule has 524 valence electrons. The Bertz CT molecular complexity index is 3200. The number of fused-ring (bicyclic) bond motifs is 1. The van der Waals surface area contributed by atoms with Crippen molar-refractivity contribution < 1.29 is 76.8 Å². The van der Waals surface area contributed by atoms with Gasteiger partial charge in [-0.1, -0.05) is 49.6 Å². The van der Waals surface area contributed by atoms with Crippen LogP contribution in [0.2, 0.25) is 0 Å². The molecular weight excluding hydrogens is 1270 g/mol. The number of benzene rings is 2. The van der Waals surface area contributed by atoms with Crippen molar-refractivity contribution in [2.45, 2.75) is 101 Å². The third-order valence-electron chi connectivity index (χ3n) is 17.5. The molecule has 4 atom stereocenters. The SMILES string of the molecule is Cc1ccc(CCCC(=O)NCCCCC[C@H](CNC(=O)CN2CCN(CC(=O)O)CCN(CC(=O)O)CCN(CC(=O)O)CC2)SC2CC(=O)N(C[C@@H](C)C(=O)N3CCN(CCCOc4ccc5nccc(C(=O)NCC(=O)N6CC(F)(F)C[C@@H]6C#N)c5c4)CC3)C2=O)cc1. The number of unbranched alkanes of at least 4 members (excludes halogenated alkanes) is 2. The minimum Gasteiger partial charge on any atom is -0.494 e. The number of halogens is 2. The van der Waals surface area contributed by atoms with E-state index < -0.39 is 84.2 Å². The Kier molecular flexibility index (Phi) is 29.5. The highest BCUT2D eigenvalue weighted by atomic mass is 32.2. The lowest BCUT2D eigenvalue weighted by molar-refractivity contribution is -0.143. The fourth-order valence-corrected chi connectivity index (χ4v) is 13.6. The Morgan fingerprint density at radius 3 is 1.97 bits per heavy atom. The molecule has 4 saturated heterocycles. The van der Waals surface area contributed by atoms with Gasteiger partial charge >= 0.3 is 17.9 Å². The first kappa shape index (κ1) is 75.4. The van der Waals surface area contributed by atoms with Crippen LogP contribution in [-0.2, 0) is 49.6 Å². The summed E-state index contributed by atoms with van der Waals surface area (Å²) in [7, 11) is 0. The van der Waals surface area contributed by atoms with E-state index in [1.807, 2.05) is 11.8 Å². The topological polar surface area (TPSA) is 339 Å². The summed E-state index contributed by atoms with van der Waals surface area (Å²) in [5, 5.41) is 46.1. The smallest absolute Gasteiger partial charge is 0.317 e. The number of piperazine rings is 1. The van der Waals surface area contributed by atoms with Gasteiger partial charge in [-0.2, -0.15) is 5.26 Å². The van der Waals surface area contributed by atoms with Crippen LogP contribution >= 0.6 is 11.8 Å². The summed E-state index contributed by atoms with van der Waals surface area (Å²) in [5.74, 6) is -9.45. The molecule has 96 heavy (non-hydrogen) atoms. The number of nitriles is 1. The average Bonchev–Trinajstić information content (AvgIpc) is 1.22. The summed E-state index contributed by atoms with van der Waals surface area (Å²) in [5.41, 5.74) is 3.02. The molecule has 1 aromatic heterocycles. The maximum atomic E-state index is 14.2. The van der Waals surface area contributed by atoms with Crippen molar-refractivity contribution in [3.05, 3.63) is 71.4 Å². The predicted octanol–water partition coefficient (Wildman–Crippen LogP) is 2.10. The largest absolute Gasteiger partial charge is 0.494 e. The molecule has 0 spiro atoms. The van der Waals surface area contributed by atoms with Crippen LogP contribution in [0.25, 0.3) is 10.9 Å². The number of pyridine rings is 1. The zero-order valence-corrected chi connectivity index (χ0v) is 55.6. The number of aromatic nitrogens is 1. The van der Waals surface area contributed by atoms with Gasteiger partial charge in [0.15, 0.2) is 0 Å². The van der Waals surface area contributed by atoms with E-state index in [1.54, 1.807) is 50.8 Å². The fraction of sp³-hybridized carbons (Fsp3) is 0.606. The van der Waals surface area contributed by atoms with Gasteiger partial charge in [-0.25, -0.2) is 8.78 Å². The van der Waals surface area contributed by atoms with Gasteiger partial charge in [0.1, 0.15) is 11.8 Å². The molecule has 6 N–H and O–H groups in total. The van der Waals surface area contributed by atoms with Crippen LogP contribution in [0.5, 0.6) is 5.75 Å². The van der Waals surface area contributed by atoms with Crippen LogP contribution < -0.4 is 20.7 Å². The number of nitrogens with one attached hydrogen (secondary N) is 3. The van der Waals surface area contributed by atoms with Crippen LogP contribution in [-0.4, -0.2) is 292 Å². The fourth-order valence-electron chi connectivity index (χ4n) is 12.2. The number of aryl methyl sites for hydroxylation is 2. The van der Waals surface area contributed by atoms with Gasteiger partial charge in [0.05, 0.1) is 74.2 Å². The third kappa shape index (κ3) is 24.6. The molecule has 0 aliphatic carbocycles. The number of carbonyl (C=O) groups is 10. The van der Waals surface area contributed by atoms with Crippen molar-refractivity contribution in [2.75, 3.05) is 151 Å². The standard InChI is InChI=1S/C66H91F2N13O14S/c1-46-11-13-48(14-12-46)8-6-10-56(82)71-18-5-3-4-9-51(38-72-57(83)41-75-21-23-76(42-60(86)87)25-27-78(44-62(90)91)28-26-77(24-22-75)43-61(88)89)96-55-35-58(84)80(65(55)94)40-47(2)64(93)79-31-29-74(30-32-79)20-7-33-95-50-15-16-54-53(34-50)52(17-19-70-54)63(92)73-39-59(85)81-45-66(67,68)36-49(81)37-69/h11-17,19,34,47,49,51,55H,3-10,18,20-33,35-36,38-45H2,1-2H3,(H,71,82)(H,72,83)(H,73,92)(H,86,87)(H,88,89)(H,90,91)/t47-,49-,51-,55?/m1/s1. The summed E-state index contributed by atoms with van der Waals surface area (Å²) in [6, 6.07) is 15.2. The summed E-state index contributed by atoms with van der Waals surface area (Å²) in [6.07, 6.45) is 5.79. The van der Waals surface area contributed by atoms with Crippen LogP contribution in [0.15, 0.2) is 54.7 Å². The predicted molar refractivity (Wildman–Crippen MR) is 351 cm³/mol. The van der Waals surface area contributed by atoms with Crippen LogP contribution in [0, 0.1) is 24.2 Å². The van der Waals surface area contributed by atoms with Crippen molar-refractivity contribution in [3.8, 4) is 11.8 Å². The molecule has 0 saturated carbocycles. The number of aliphatic carboxylic acids is 3. The molecule has 27 nitrogen and oxygen atoms in total. The average molecular weight is 1360 g/mol. The Morgan fingerprint density at radius 1 is 0.740 bits per heavy atom. The molecule has 7 rings (SSSR count). The Morgan fingerprint density at radius 2 is 1.35 bits per heavy atom. The molecule has 0 bridgehead atoms.